The fourth-order valence-electron chi connectivity index (χ4n) is 3.36. The molecule has 6 nitrogen and oxygen atoms in total. The Kier molecular flexibility index (Phi) is 5.96. The fourth-order valence-corrected chi connectivity index (χ4v) is 3.93. The Morgan fingerprint density at radius 2 is 2.08 bits per heavy atom. The second kappa shape index (κ2) is 8.38. The van der Waals surface area contributed by atoms with E-state index in [2.05, 4.69) is 20.1 Å². The number of phenols is 1. The third-order valence-corrected chi connectivity index (χ3v) is 5.26. The predicted octanol–water partition coefficient (Wildman–Crippen LogP) is 3.18. The number of para-hydroxylation sites is 1. The van der Waals surface area contributed by atoms with E-state index in [4.69, 9.17) is 0 Å². The molecule has 25 heavy (non-hydrogen) atoms. The van der Waals surface area contributed by atoms with Crippen LogP contribution in [0.2, 0.25) is 0 Å². The largest absolute Gasteiger partial charge is 0.507 e. The number of hydrogen-bond donors (Lipinski definition) is 2. The molecule has 1 aromatic carbocycles. The Bertz CT molecular complexity index is 726. The molecule has 0 saturated heterocycles. The molecule has 1 amide bonds. The van der Waals surface area contributed by atoms with Gasteiger partial charge in [-0.15, -0.1) is 10.2 Å². The van der Waals surface area contributed by atoms with Crippen LogP contribution in [-0.4, -0.2) is 38.6 Å². The second-order valence-corrected chi connectivity index (χ2v) is 7.06. The van der Waals surface area contributed by atoms with Gasteiger partial charge < -0.3 is 15.0 Å². The molecular weight excluding hydrogens is 336 g/mol. The minimum Gasteiger partial charge on any atom is -0.507 e. The molecular formula is C18H24N4O2S. The van der Waals surface area contributed by atoms with Gasteiger partial charge in [-0.3, -0.25) is 4.79 Å². The molecule has 0 atom stereocenters. The van der Waals surface area contributed by atoms with E-state index in [9.17, 15) is 9.90 Å². The van der Waals surface area contributed by atoms with E-state index in [0.717, 1.165) is 23.8 Å². The molecule has 0 unspecified atom stereocenters. The van der Waals surface area contributed by atoms with Gasteiger partial charge in [0.05, 0.1) is 5.56 Å². The summed E-state index contributed by atoms with van der Waals surface area (Å²) in [6.45, 7) is 0.541. The van der Waals surface area contributed by atoms with E-state index in [1.165, 1.54) is 31.7 Å². The van der Waals surface area contributed by atoms with Crippen molar-refractivity contribution >= 4 is 17.7 Å². The average molecular weight is 360 g/mol. The first-order valence-electron chi connectivity index (χ1n) is 8.74. The number of nitrogens with one attached hydrogen (secondary N) is 1. The molecule has 1 aliphatic carbocycles. The first-order valence-corrected chi connectivity index (χ1v) is 9.97. The number of phenolic OH excluding ortho intramolecular Hbond substituents is 1. The van der Waals surface area contributed by atoms with E-state index in [1.54, 1.807) is 30.0 Å². The predicted molar refractivity (Wildman–Crippen MR) is 98.1 cm³/mol. The van der Waals surface area contributed by atoms with Crippen LogP contribution >= 0.6 is 11.8 Å². The van der Waals surface area contributed by atoms with Gasteiger partial charge in [0.15, 0.2) is 5.16 Å². The molecule has 2 aromatic rings. The molecule has 3 rings (SSSR count). The van der Waals surface area contributed by atoms with Gasteiger partial charge in [0.1, 0.15) is 11.6 Å². The van der Waals surface area contributed by atoms with Gasteiger partial charge in [0, 0.05) is 19.0 Å². The van der Waals surface area contributed by atoms with Crippen LogP contribution in [0.4, 0.5) is 0 Å². The molecule has 1 aliphatic rings. The molecule has 0 radical (unpaired) electrons. The van der Waals surface area contributed by atoms with Crippen molar-refractivity contribution in [3.05, 3.63) is 35.7 Å². The summed E-state index contributed by atoms with van der Waals surface area (Å²) in [7, 11) is 0. The molecule has 1 aromatic heterocycles. The van der Waals surface area contributed by atoms with Crippen molar-refractivity contribution < 1.29 is 9.90 Å². The van der Waals surface area contributed by atoms with Crippen LogP contribution in [0.5, 0.6) is 5.75 Å². The first-order chi connectivity index (χ1) is 12.2. The second-order valence-electron chi connectivity index (χ2n) is 6.29. The molecule has 1 saturated carbocycles. The Hall–Kier alpha value is -2.02. The van der Waals surface area contributed by atoms with Crippen LogP contribution in [0.3, 0.4) is 0 Å². The maximum atomic E-state index is 12.1. The number of carbonyl (C=O) groups is 1. The zero-order valence-corrected chi connectivity index (χ0v) is 15.3. The summed E-state index contributed by atoms with van der Waals surface area (Å²) in [5, 5.41) is 22.2. The van der Waals surface area contributed by atoms with Crippen molar-refractivity contribution in [2.75, 3.05) is 12.8 Å². The number of hydrogen-bond acceptors (Lipinski definition) is 5. The van der Waals surface area contributed by atoms with E-state index in [1.807, 2.05) is 6.26 Å². The zero-order valence-electron chi connectivity index (χ0n) is 14.4. The number of aromatic nitrogens is 3. The van der Waals surface area contributed by atoms with Gasteiger partial charge in [-0.2, -0.15) is 0 Å². The summed E-state index contributed by atoms with van der Waals surface area (Å²) in [5.74, 6) is 0.763. The highest BCUT2D eigenvalue weighted by Crippen LogP contribution is 2.33. The fraction of sp³-hybridized carbons (Fsp3) is 0.500. The number of amides is 1. The summed E-state index contributed by atoms with van der Waals surface area (Å²) in [6.07, 6.45) is 8.54. The highest BCUT2D eigenvalue weighted by molar-refractivity contribution is 7.98. The third kappa shape index (κ3) is 4.15. The Balaban J connectivity index is 1.55. The van der Waals surface area contributed by atoms with E-state index >= 15 is 0 Å². The van der Waals surface area contributed by atoms with Gasteiger partial charge in [-0.25, -0.2) is 0 Å². The van der Waals surface area contributed by atoms with E-state index in [0.29, 0.717) is 18.2 Å². The van der Waals surface area contributed by atoms with Crippen molar-refractivity contribution in [3.63, 3.8) is 0 Å². The molecule has 0 spiro atoms. The number of nitrogens with zero attached hydrogens (tertiary/aromatic N) is 3. The summed E-state index contributed by atoms with van der Waals surface area (Å²) >= 11 is 1.64. The number of rotatable bonds is 7. The van der Waals surface area contributed by atoms with Crippen LogP contribution in [-0.2, 0) is 6.42 Å². The number of aryl methyl sites for hydroxylation is 1. The normalized spacial score (nSPS) is 14.8. The van der Waals surface area contributed by atoms with Crippen LogP contribution in [0, 0.1) is 0 Å². The topological polar surface area (TPSA) is 80.0 Å². The average Bonchev–Trinajstić information content (AvgIpc) is 3.27. The SMILES string of the molecule is CSc1nnc(CCCNC(=O)c2ccccc2O)n1C1CCCC1. The minimum absolute atomic E-state index is 0.00517. The minimum atomic E-state index is -0.250. The van der Waals surface area contributed by atoms with E-state index in [-0.39, 0.29) is 11.7 Å². The summed E-state index contributed by atoms with van der Waals surface area (Å²) in [4.78, 5) is 12.1. The van der Waals surface area contributed by atoms with Crippen molar-refractivity contribution in [3.8, 4) is 5.75 Å². The van der Waals surface area contributed by atoms with Gasteiger partial charge in [-0.1, -0.05) is 36.7 Å². The van der Waals surface area contributed by atoms with Crippen LogP contribution in [0.1, 0.15) is 54.3 Å². The lowest BCUT2D eigenvalue weighted by Gasteiger charge is -2.16. The summed E-state index contributed by atoms with van der Waals surface area (Å²) in [6, 6.07) is 7.09. The Morgan fingerprint density at radius 1 is 1.32 bits per heavy atom. The molecule has 7 heteroatoms. The molecule has 0 aliphatic heterocycles. The zero-order chi connectivity index (χ0) is 17.6. The monoisotopic (exact) mass is 360 g/mol. The first kappa shape index (κ1) is 17.8. The molecule has 134 valence electrons. The number of thioether (sulfide) groups is 1. The van der Waals surface area contributed by atoms with Gasteiger partial charge in [0.2, 0.25) is 0 Å². The number of benzene rings is 1. The lowest BCUT2D eigenvalue weighted by molar-refractivity contribution is 0.0950. The van der Waals surface area contributed by atoms with Gasteiger partial charge >= 0.3 is 0 Å². The van der Waals surface area contributed by atoms with Gasteiger partial charge in [-0.05, 0) is 37.7 Å². The summed E-state index contributed by atoms with van der Waals surface area (Å²) in [5.41, 5.74) is 0.307. The molecule has 2 N–H and O–H groups in total. The van der Waals surface area contributed by atoms with Crippen LogP contribution in [0.15, 0.2) is 29.4 Å². The maximum absolute atomic E-state index is 12.1. The summed E-state index contributed by atoms with van der Waals surface area (Å²) < 4.78 is 2.29. The van der Waals surface area contributed by atoms with E-state index < -0.39 is 0 Å². The van der Waals surface area contributed by atoms with Crippen molar-refractivity contribution in [1.82, 2.24) is 20.1 Å². The number of carbonyl (C=O) groups excluding carboxylic acids is 1. The van der Waals surface area contributed by atoms with Crippen molar-refractivity contribution in [1.29, 1.82) is 0 Å². The molecule has 1 heterocycles. The van der Waals surface area contributed by atoms with Crippen LogP contribution < -0.4 is 5.32 Å². The van der Waals surface area contributed by atoms with Crippen LogP contribution in [0.25, 0.3) is 0 Å². The third-order valence-electron chi connectivity index (χ3n) is 4.62. The lowest BCUT2D eigenvalue weighted by atomic mass is 10.2. The quantitative estimate of drug-likeness (QED) is 0.585. The number of aromatic hydroxyl groups is 1. The maximum Gasteiger partial charge on any atom is 0.255 e. The van der Waals surface area contributed by atoms with Crippen molar-refractivity contribution in [2.45, 2.75) is 49.7 Å². The molecule has 1 fully saturated rings. The van der Waals surface area contributed by atoms with Gasteiger partial charge in [0.25, 0.3) is 5.91 Å². The Labute approximate surface area is 152 Å². The smallest absolute Gasteiger partial charge is 0.255 e. The standard InChI is InChI=1S/C18H24N4O2S/c1-25-18-21-20-16(22(18)13-7-2-3-8-13)11-6-12-19-17(24)14-9-4-5-10-15(14)23/h4-5,9-10,13,23H,2-3,6-8,11-12H2,1H3,(H,19,24). The molecule has 0 bridgehead atoms. The van der Waals surface area contributed by atoms with Crippen molar-refractivity contribution in [2.24, 2.45) is 0 Å². The lowest BCUT2D eigenvalue weighted by Crippen LogP contribution is -2.25. The Morgan fingerprint density at radius 3 is 2.80 bits per heavy atom. The highest BCUT2D eigenvalue weighted by atomic mass is 32.2. The highest BCUT2D eigenvalue weighted by Gasteiger charge is 2.23.